The predicted octanol–water partition coefficient (Wildman–Crippen LogP) is 2.99. The van der Waals surface area contributed by atoms with Gasteiger partial charge in [0.05, 0.1) is 16.5 Å². The first kappa shape index (κ1) is 21.5. The van der Waals surface area contributed by atoms with Gasteiger partial charge in [0.25, 0.3) is 0 Å². The van der Waals surface area contributed by atoms with E-state index in [-0.39, 0.29) is 17.9 Å². The van der Waals surface area contributed by atoms with Crippen molar-refractivity contribution < 1.29 is 14.9 Å². The maximum Gasteiger partial charge on any atom is 0.165 e. The molecule has 1 aromatic heterocycles. The average molecular weight is 487 g/mol. The number of benzene rings is 2. The lowest BCUT2D eigenvalue weighted by molar-refractivity contribution is -0.162. The van der Waals surface area contributed by atoms with Crippen molar-refractivity contribution in [2.75, 3.05) is 32.7 Å². The number of likely N-dealkylation sites (tertiary alicyclic amines) is 2. The minimum atomic E-state index is -0.855. The fraction of sp³-hybridized carbons (Fsp3) is 0.552. The van der Waals surface area contributed by atoms with E-state index in [9.17, 15) is 10.2 Å². The Balaban J connectivity index is 1.15. The molecule has 5 aliphatic rings. The number of nitrogens with zero attached hydrogens (tertiary/aromatic N) is 3. The molecule has 2 aromatic carbocycles. The standard InChI is InChI=1S/C29H34N4O3/c34-23-8-7-19-15-24-29(35)11-13-32(12-9-22-20-3-1-2-4-21(20)30-31-22)17-25-28(29,26(19)27(23)36-25)10-14-33(24)16-18-5-6-18/h1-4,7-8,18,24-25,34-35H,5-6,9-17H2,(H,30,31)/t24-,25+,28-,29-/m1/s1. The van der Waals surface area contributed by atoms with Crippen LogP contribution in [0.5, 0.6) is 11.5 Å². The summed E-state index contributed by atoms with van der Waals surface area (Å²) in [5.41, 5.74) is 3.23. The number of aromatic amines is 1. The van der Waals surface area contributed by atoms with Crippen LogP contribution in [-0.2, 0) is 18.3 Å². The second-order valence-corrected chi connectivity index (χ2v) is 11.9. The maximum atomic E-state index is 12.8. The van der Waals surface area contributed by atoms with E-state index >= 15 is 0 Å². The Morgan fingerprint density at radius 1 is 1.11 bits per heavy atom. The van der Waals surface area contributed by atoms with Crippen LogP contribution in [0.15, 0.2) is 36.4 Å². The molecule has 0 unspecified atom stereocenters. The molecule has 1 saturated carbocycles. The van der Waals surface area contributed by atoms with Crippen molar-refractivity contribution in [3.05, 3.63) is 53.2 Å². The molecule has 4 atom stereocenters. The molecule has 36 heavy (non-hydrogen) atoms. The van der Waals surface area contributed by atoms with Crippen LogP contribution in [0.1, 0.15) is 42.5 Å². The Hall–Kier alpha value is -2.61. The first-order valence-electron chi connectivity index (χ1n) is 13.7. The lowest BCUT2D eigenvalue weighted by atomic mass is 9.52. The summed E-state index contributed by atoms with van der Waals surface area (Å²) in [6.07, 6.45) is 5.82. The third kappa shape index (κ3) is 2.82. The number of phenols is 1. The number of hydrogen-bond acceptors (Lipinski definition) is 6. The monoisotopic (exact) mass is 486 g/mol. The quantitative estimate of drug-likeness (QED) is 0.514. The number of phenolic OH excluding ortho intramolecular Hbond substituents is 1. The lowest BCUT2D eigenvalue weighted by Gasteiger charge is -2.60. The first-order chi connectivity index (χ1) is 17.6. The summed E-state index contributed by atoms with van der Waals surface area (Å²) < 4.78 is 6.63. The average Bonchev–Trinajstić information content (AvgIpc) is 3.53. The SMILES string of the molecule is Oc1ccc2c3c1O[C@H]1CN(CCc4[nH]nc5ccccc45)CC[C@@]4(O)[C@@H](C2)N(CC2CC2)CC[C@]314. The molecule has 4 heterocycles. The number of nitrogens with one attached hydrogen (secondary N) is 1. The third-order valence-corrected chi connectivity index (χ3v) is 10.1. The lowest BCUT2D eigenvalue weighted by Crippen LogP contribution is -2.74. The summed E-state index contributed by atoms with van der Waals surface area (Å²) in [7, 11) is 0. The number of H-pyrrole nitrogens is 1. The normalized spacial score (nSPS) is 33.4. The molecule has 2 bridgehead atoms. The van der Waals surface area contributed by atoms with Gasteiger partial charge in [-0.05, 0) is 62.3 Å². The molecular formula is C29H34N4O3. The van der Waals surface area contributed by atoms with Crippen LogP contribution in [0, 0.1) is 5.92 Å². The Morgan fingerprint density at radius 2 is 2.00 bits per heavy atom. The molecule has 1 spiro atoms. The van der Waals surface area contributed by atoms with E-state index in [1.165, 1.54) is 23.8 Å². The Labute approximate surface area is 211 Å². The number of aromatic nitrogens is 2. The molecule has 188 valence electrons. The van der Waals surface area contributed by atoms with Gasteiger partial charge in [-0.3, -0.25) is 14.9 Å². The number of aliphatic hydroxyl groups is 1. The van der Waals surface area contributed by atoms with E-state index in [1.54, 1.807) is 6.07 Å². The zero-order valence-electron chi connectivity index (χ0n) is 20.6. The molecule has 7 nitrogen and oxygen atoms in total. The fourth-order valence-electron chi connectivity index (χ4n) is 8.14. The topological polar surface area (TPSA) is 84.8 Å². The Kier molecular flexibility index (Phi) is 4.45. The van der Waals surface area contributed by atoms with Crippen LogP contribution in [0.2, 0.25) is 0 Å². The summed E-state index contributed by atoms with van der Waals surface area (Å²) in [5, 5.41) is 32.4. The van der Waals surface area contributed by atoms with E-state index in [1.807, 2.05) is 12.1 Å². The zero-order valence-corrected chi connectivity index (χ0v) is 20.6. The van der Waals surface area contributed by atoms with Crippen molar-refractivity contribution in [3.8, 4) is 11.5 Å². The van der Waals surface area contributed by atoms with Crippen LogP contribution in [0.25, 0.3) is 10.9 Å². The van der Waals surface area contributed by atoms with Gasteiger partial charge in [0.2, 0.25) is 0 Å². The number of rotatable bonds is 5. The van der Waals surface area contributed by atoms with E-state index in [0.717, 1.165) is 81.1 Å². The van der Waals surface area contributed by atoms with Gasteiger partial charge in [-0.15, -0.1) is 0 Å². The number of aromatic hydroxyl groups is 1. The Morgan fingerprint density at radius 3 is 2.89 bits per heavy atom. The van der Waals surface area contributed by atoms with Crippen LogP contribution in [-0.4, -0.2) is 80.7 Å². The fourth-order valence-corrected chi connectivity index (χ4v) is 8.14. The molecule has 3 N–H and O–H groups in total. The van der Waals surface area contributed by atoms with E-state index in [2.05, 4.69) is 38.2 Å². The number of piperidine rings is 1. The largest absolute Gasteiger partial charge is 0.504 e. The molecule has 2 aliphatic carbocycles. The first-order valence-corrected chi connectivity index (χ1v) is 13.7. The van der Waals surface area contributed by atoms with Crippen molar-refractivity contribution in [2.45, 2.75) is 61.7 Å². The minimum Gasteiger partial charge on any atom is -0.504 e. The van der Waals surface area contributed by atoms with Crippen LogP contribution in [0.3, 0.4) is 0 Å². The summed E-state index contributed by atoms with van der Waals surface area (Å²) in [6, 6.07) is 12.2. The predicted molar refractivity (Wildman–Crippen MR) is 136 cm³/mol. The summed E-state index contributed by atoms with van der Waals surface area (Å²) in [6.45, 7) is 4.59. The van der Waals surface area contributed by atoms with Crippen molar-refractivity contribution >= 4 is 10.9 Å². The van der Waals surface area contributed by atoms with Crippen LogP contribution < -0.4 is 4.74 Å². The molecule has 7 heteroatoms. The third-order valence-electron chi connectivity index (χ3n) is 10.1. The van der Waals surface area contributed by atoms with Gasteiger partial charge < -0.3 is 14.9 Å². The highest BCUT2D eigenvalue weighted by atomic mass is 16.5. The van der Waals surface area contributed by atoms with Gasteiger partial charge in [-0.1, -0.05) is 24.3 Å². The minimum absolute atomic E-state index is 0.109. The second kappa shape index (κ2) is 7.46. The highest BCUT2D eigenvalue weighted by molar-refractivity contribution is 5.81. The van der Waals surface area contributed by atoms with Crippen LogP contribution in [0.4, 0.5) is 0 Å². The molecular weight excluding hydrogens is 452 g/mol. The maximum absolute atomic E-state index is 12.8. The second-order valence-electron chi connectivity index (χ2n) is 11.9. The molecule has 3 aliphatic heterocycles. The van der Waals surface area contributed by atoms with E-state index in [4.69, 9.17) is 4.74 Å². The zero-order chi connectivity index (χ0) is 24.1. The van der Waals surface area contributed by atoms with Gasteiger partial charge in [-0.25, -0.2) is 0 Å². The molecule has 8 rings (SSSR count). The highest BCUT2D eigenvalue weighted by Crippen LogP contribution is 2.63. The molecule has 3 fully saturated rings. The van der Waals surface area contributed by atoms with Crippen LogP contribution >= 0.6 is 0 Å². The van der Waals surface area contributed by atoms with Crippen molar-refractivity contribution in [1.29, 1.82) is 0 Å². The molecule has 3 aromatic rings. The van der Waals surface area contributed by atoms with Crippen molar-refractivity contribution in [1.82, 2.24) is 20.0 Å². The van der Waals surface area contributed by atoms with E-state index in [0.29, 0.717) is 5.75 Å². The van der Waals surface area contributed by atoms with Crippen molar-refractivity contribution in [2.24, 2.45) is 5.92 Å². The molecule has 2 saturated heterocycles. The summed E-state index contributed by atoms with van der Waals surface area (Å²) in [4.78, 5) is 5.06. The molecule has 0 amide bonds. The highest BCUT2D eigenvalue weighted by Gasteiger charge is 2.70. The Bertz CT molecular complexity index is 1350. The number of hydrogen-bond donors (Lipinski definition) is 3. The van der Waals surface area contributed by atoms with E-state index < -0.39 is 11.0 Å². The van der Waals surface area contributed by atoms with Gasteiger partial charge >= 0.3 is 0 Å². The van der Waals surface area contributed by atoms with Gasteiger partial charge in [0.1, 0.15) is 6.10 Å². The number of fused-ring (bicyclic) bond motifs is 1. The van der Waals surface area contributed by atoms with Gasteiger partial charge in [-0.2, -0.15) is 5.10 Å². The smallest absolute Gasteiger partial charge is 0.165 e. The molecule has 0 radical (unpaired) electrons. The number of ether oxygens (including phenoxy) is 1. The van der Waals surface area contributed by atoms with Gasteiger partial charge in [0.15, 0.2) is 11.5 Å². The number of para-hydroxylation sites is 1. The summed E-state index contributed by atoms with van der Waals surface area (Å²) in [5.74, 6) is 1.64. The van der Waals surface area contributed by atoms with Crippen molar-refractivity contribution in [3.63, 3.8) is 0 Å². The van der Waals surface area contributed by atoms with Gasteiger partial charge in [0, 0.05) is 55.3 Å². The summed E-state index contributed by atoms with van der Waals surface area (Å²) >= 11 is 0.